The van der Waals surface area contributed by atoms with Crippen LogP contribution in [-0.2, 0) is 0 Å². The van der Waals surface area contributed by atoms with E-state index in [-0.39, 0.29) is 11.5 Å². The van der Waals surface area contributed by atoms with E-state index in [1.165, 1.54) is 19.2 Å². The molecule has 2 aromatic rings. The summed E-state index contributed by atoms with van der Waals surface area (Å²) in [5, 5.41) is 12.1. The number of methoxy groups -OCH3 is 1. The standard InChI is InChI=1S/C17H16ClNO4/c1-9-7-12(4-5-13(9)17(21)22)19-16(20)11-6-10(2)15(23-3)14(18)8-11/h4-8H,1-3H3,(H,19,20)(H,21,22). The average Bonchev–Trinajstić information content (AvgIpc) is 2.46. The molecule has 2 N–H and O–H groups in total. The largest absolute Gasteiger partial charge is 0.495 e. The van der Waals surface area contributed by atoms with Gasteiger partial charge >= 0.3 is 5.97 Å². The summed E-state index contributed by atoms with van der Waals surface area (Å²) in [5.74, 6) is -0.803. The van der Waals surface area contributed by atoms with Crippen LogP contribution in [0.4, 0.5) is 5.69 Å². The van der Waals surface area contributed by atoms with Crippen molar-refractivity contribution >= 4 is 29.2 Å². The molecule has 5 nitrogen and oxygen atoms in total. The van der Waals surface area contributed by atoms with Crippen molar-refractivity contribution in [2.24, 2.45) is 0 Å². The summed E-state index contributed by atoms with van der Waals surface area (Å²) in [7, 11) is 1.51. The first-order chi connectivity index (χ1) is 10.8. The Kier molecular flexibility index (Phi) is 4.91. The van der Waals surface area contributed by atoms with Gasteiger partial charge in [0, 0.05) is 11.3 Å². The number of benzene rings is 2. The summed E-state index contributed by atoms with van der Waals surface area (Å²) in [5.41, 5.74) is 2.43. The van der Waals surface area contributed by atoms with Crippen LogP contribution < -0.4 is 10.1 Å². The third-order valence-corrected chi connectivity index (χ3v) is 3.69. The van der Waals surface area contributed by atoms with Gasteiger partial charge < -0.3 is 15.2 Å². The van der Waals surface area contributed by atoms with E-state index in [1.807, 2.05) is 0 Å². The van der Waals surface area contributed by atoms with Crippen molar-refractivity contribution in [2.45, 2.75) is 13.8 Å². The van der Waals surface area contributed by atoms with Crippen molar-refractivity contribution in [3.05, 3.63) is 57.6 Å². The average molecular weight is 334 g/mol. The van der Waals surface area contributed by atoms with Gasteiger partial charge in [-0.3, -0.25) is 4.79 Å². The number of amides is 1. The van der Waals surface area contributed by atoms with Crippen LogP contribution in [0.25, 0.3) is 0 Å². The van der Waals surface area contributed by atoms with E-state index in [1.54, 1.807) is 32.0 Å². The van der Waals surface area contributed by atoms with Gasteiger partial charge in [0.15, 0.2) is 0 Å². The van der Waals surface area contributed by atoms with E-state index < -0.39 is 5.97 Å². The second-order valence-corrected chi connectivity index (χ2v) is 5.50. The molecule has 0 fully saturated rings. The van der Waals surface area contributed by atoms with Crippen molar-refractivity contribution in [2.75, 3.05) is 12.4 Å². The van der Waals surface area contributed by atoms with Crippen LogP contribution in [0.3, 0.4) is 0 Å². The maximum absolute atomic E-state index is 12.3. The molecule has 2 aromatic carbocycles. The van der Waals surface area contributed by atoms with E-state index in [0.29, 0.717) is 27.6 Å². The second kappa shape index (κ2) is 6.71. The minimum Gasteiger partial charge on any atom is -0.495 e. The minimum atomic E-state index is -1.00. The molecule has 0 atom stereocenters. The second-order valence-electron chi connectivity index (χ2n) is 5.10. The van der Waals surface area contributed by atoms with Crippen LogP contribution in [0.1, 0.15) is 31.8 Å². The Morgan fingerprint density at radius 1 is 1.13 bits per heavy atom. The number of carbonyl (C=O) groups is 2. The third kappa shape index (κ3) is 3.63. The summed E-state index contributed by atoms with van der Waals surface area (Å²) >= 11 is 6.09. The quantitative estimate of drug-likeness (QED) is 0.889. The lowest BCUT2D eigenvalue weighted by Crippen LogP contribution is -2.13. The highest BCUT2D eigenvalue weighted by molar-refractivity contribution is 6.32. The molecule has 0 aliphatic rings. The SMILES string of the molecule is COc1c(C)cc(C(=O)Nc2ccc(C(=O)O)c(C)c2)cc1Cl. The lowest BCUT2D eigenvalue weighted by Gasteiger charge is -2.11. The third-order valence-electron chi connectivity index (χ3n) is 3.41. The summed E-state index contributed by atoms with van der Waals surface area (Å²) in [4.78, 5) is 23.3. The predicted octanol–water partition coefficient (Wildman–Crippen LogP) is 3.92. The van der Waals surface area contributed by atoms with Crippen molar-refractivity contribution in [3.63, 3.8) is 0 Å². The topological polar surface area (TPSA) is 75.6 Å². The first kappa shape index (κ1) is 16.8. The molecule has 0 spiro atoms. The normalized spacial score (nSPS) is 10.3. The molecule has 0 saturated heterocycles. The number of ether oxygens (including phenoxy) is 1. The van der Waals surface area contributed by atoms with Gasteiger partial charge in [-0.25, -0.2) is 4.79 Å². The highest BCUT2D eigenvalue weighted by Gasteiger charge is 2.13. The van der Waals surface area contributed by atoms with Crippen LogP contribution in [-0.4, -0.2) is 24.1 Å². The van der Waals surface area contributed by atoms with Gasteiger partial charge in [-0.15, -0.1) is 0 Å². The van der Waals surface area contributed by atoms with Crippen molar-refractivity contribution in [1.29, 1.82) is 0 Å². The molecule has 2 rings (SSSR count). The van der Waals surface area contributed by atoms with E-state index in [4.69, 9.17) is 21.4 Å². The highest BCUT2D eigenvalue weighted by Crippen LogP contribution is 2.30. The van der Waals surface area contributed by atoms with Crippen molar-refractivity contribution in [3.8, 4) is 5.75 Å². The first-order valence-electron chi connectivity index (χ1n) is 6.83. The summed E-state index contributed by atoms with van der Waals surface area (Å²) in [6, 6.07) is 7.82. The smallest absolute Gasteiger partial charge is 0.335 e. The molecule has 23 heavy (non-hydrogen) atoms. The predicted molar refractivity (Wildman–Crippen MR) is 88.8 cm³/mol. The summed E-state index contributed by atoms with van der Waals surface area (Å²) in [6.07, 6.45) is 0. The van der Waals surface area contributed by atoms with Gasteiger partial charge in [0.25, 0.3) is 5.91 Å². The molecule has 6 heteroatoms. The number of rotatable bonds is 4. The van der Waals surface area contributed by atoms with Crippen LogP contribution >= 0.6 is 11.6 Å². The maximum atomic E-state index is 12.3. The number of anilines is 1. The zero-order chi connectivity index (χ0) is 17.1. The Bertz CT molecular complexity index is 763. The van der Waals surface area contributed by atoms with Crippen LogP contribution in [0.2, 0.25) is 5.02 Å². The summed E-state index contributed by atoms with van der Waals surface area (Å²) in [6.45, 7) is 3.47. The molecule has 0 radical (unpaired) electrons. The number of carbonyl (C=O) groups excluding carboxylic acids is 1. The van der Waals surface area contributed by atoms with Crippen LogP contribution in [0.5, 0.6) is 5.75 Å². The molecular weight excluding hydrogens is 318 g/mol. The lowest BCUT2D eigenvalue weighted by molar-refractivity contribution is 0.0696. The zero-order valence-corrected chi connectivity index (χ0v) is 13.7. The molecule has 0 aromatic heterocycles. The molecule has 0 saturated carbocycles. The molecule has 0 aliphatic heterocycles. The number of hydrogen-bond acceptors (Lipinski definition) is 3. The van der Waals surface area contributed by atoms with E-state index in [0.717, 1.165) is 5.56 Å². The van der Waals surface area contributed by atoms with E-state index >= 15 is 0 Å². The molecular formula is C17H16ClNO4. The maximum Gasteiger partial charge on any atom is 0.335 e. The zero-order valence-electron chi connectivity index (χ0n) is 12.9. The molecule has 0 heterocycles. The monoisotopic (exact) mass is 333 g/mol. The van der Waals surface area contributed by atoms with E-state index in [2.05, 4.69) is 5.32 Å². The van der Waals surface area contributed by atoms with Gasteiger partial charge in [-0.1, -0.05) is 11.6 Å². The minimum absolute atomic E-state index is 0.200. The number of hydrogen-bond donors (Lipinski definition) is 2. The molecule has 1 amide bonds. The summed E-state index contributed by atoms with van der Waals surface area (Å²) < 4.78 is 5.16. The number of nitrogens with one attached hydrogen (secondary N) is 1. The molecule has 0 bridgehead atoms. The number of halogens is 1. The number of carboxylic acids is 1. The Morgan fingerprint density at radius 2 is 1.83 bits per heavy atom. The van der Waals surface area contributed by atoms with Gasteiger partial charge in [-0.05, 0) is 55.3 Å². The molecule has 120 valence electrons. The molecule has 0 unspecified atom stereocenters. The Labute approximate surface area is 138 Å². The Balaban J connectivity index is 2.26. The number of aromatic carboxylic acids is 1. The van der Waals surface area contributed by atoms with Gasteiger partial charge in [0.2, 0.25) is 0 Å². The lowest BCUT2D eigenvalue weighted by atomic mass is 10.1. The fraction of sp³-hybridized carbons (Fsp3) is 0.176. The molecule has 0 aliphatic carbocycles. The number of carboxylic acid groups (broad SMARTS) is 1. The van der Waals surface area contributed by atoms with Crippen LogP contribution in [0.15, 0.2) is 30.3 Å². The Hall–Kier alpha value is -2.53. The van der Waals surface area contributed by atoms with Gasteiger partial charge in [-0.2, -0.15) is 0 Å². The first-order valence-corrected chi connectivity index (χ1v) is 7.20. The van der Waals surface area contributed by atoms with E-state index in [9.17, 15) is 9.59 Å². The van der Waals surface area contributed by atoms with Gasteiger partial charge in [0.05, 0.1) is 17.7 Å². The number of aryl methyl sites for hydroxylation is 2. The Morgan fingerprint density at radius 3 is 2.35 bits per heavy atom. The fourth-order valence-electron chi connectivity index (χ4n) is 2.31. The van der Waals surface area contributed by atoms with Crippen LogP contribution in [0, 0.1) is 13.8 Å². The van der Waals surface area contributed by atoms with Crippen molar-refractivity contribution in [1.82, 2.24) is 0 Å². The van der Waals surface area contributed by atoms with Gasteiger partial charge in [0.1, 0.15) is 5.75 Å². The van der Waals surface area contributed by atoms with Crippen molar-refractivity contribution < 1.29 is 19.4 Å². The fourth-order valence-corrected chi connectivity index (χ4v) is 2.65. The highest BCUT2D eigenvalue weighted by atomic mass is 35.5.